The van der Waals surface area contributed by atoms with Crippen molar-refractivity contribution in [1.82, 2.24) is 9.80 Å². The number of amidine groups is 1. The van der Waals surface area contributed by atoms with Crippen molar-refractivity contribution in [3.63, 3.8) is 0 Å². The van der Waals surface area contributed by atoms with Crippen LogP contribution in [0.15, 0.2) is 82.7 Å². The summed E-state index contributed by atoms with van der Waals surface area (Å²) in [6, 6.07) is 20.6. The van der Waals surface area contributed by atoms with E-state index in [2.05, 4.69) is 39.1 Å². The topological polar surface area (TPSA) is 35.9 Å². The van der Waals surface area contributed by atoms with E-state index in [0.29, 0.717) is 4.91 Å². The first-order valence-electron chi connectivity index (χ1n) is 9.53. The number of amides is 1. The number of hydrogen-bond acceptors (Lipinski definition) is 4. The van der Waals surface area contributed by atoms with Gasteiger partial charge in [0.2, 0.25) is 0 Å². The quantitative estimate of drug-likeness (QED) is 0.740. The summed E-state index contributed by atoms with van der Waals surface area (Å²) in [6.45, 7) is 4.74. The Kier molecular flexibility index (Phi) is 6.04. The molecule has 0 bridgehead atoms. The van der Waals surface area contributed by atoms with Crippen molar-refractivity contribution >= 4 is 28.9 Å². The van der Waals surface area contributed by atoms with Gasteiger partial charge in [-0.25, -0.2) is 0 Å². The fourth-order valence-corrected chi connectivity index (χ4v) is 4.21. The van der Waals surface area contributed by atoms with E-state index in [1.165, 1.54) is 17.3 Å². The van der Waals surface area contributed by atoms with Gasteiger partial charge in [-0.05, 0) is 29.0 Å². The Morgan fingerprint density at radius 3 is 2.32 bits per heavy atom. The van der Waals surface area contributed by atoms with Gasteiger partial charge in [0.05, 0.1) is 4.91 Å². The minimum Gasteiger partial charge on any atom is -0.348 e. The Balaban J connectivity index is 1.30. The van der Waals surface area contributed by atoms with Gasteiger partial charge in [-0.2, -0.15) is 4.99 Å². The molecule has 1 saturated heterocycles. The smallest absolute Gasteiger partial charge is 0.286 e. The maximum absolute atomic E-state index is 12.2. The Morgan fingerprint density at radius 2 is 1.61 bits per heavy atom. The van der Waals surface area contributed by atoms with Gasteiger partial charge in [-0.1, -0.05) is 72.8 Å². The van der Waals surface area contributed by atoms with E-state index in [1.54, 1.807) is 0 Å². The fraction of sp³-hybridized carbons (Fsp3) is 0.217. The zero-order valence-corrected chi connectivity index (χ0v) is 16.5. The second-order valence-electron chi connectivity index (χ2n) is 6.85. The van der Waals surface area contributed by atoms with Crippen LogP contribution in [-0.4, -0.2) is 47.1 Å². The Hall–Kier alpha value is -2.63. The lowest BCUT2D eigenvalue weighted by Crippen LogP contribution is -2.47. The summed E-state index contributed by atoms with van der Waals surface area (Å²) >= 11 is 1.48. The second kappa shape index (κ2) is 9.04. The van der Waals surface area contributed by atoms with Crippen molar-refractivity contribution in [2.45, 2.75) is 6.54 Å². The van der Waals surface area contributed by atoms with Gasteiger partial charge in [-0.15, -0.1) is 0 Å². The van der Waals surface area contributed by atoms with E-state index in [0.717, 1.165) is 43.5 Å². The second-order valence-corrected chi connectivity index (χ2v) is 7.86. The van der Waals surface area contributed by atoms with Crippen molar-refractivity contribution in [3.8, 4) is 0 Å². The molecule has 2 heterocycles. The minimum absolute atomic E-state index is 0.135. The van der Waals surface area contributed by atoms with Crippen LogP contribution in [0.3, 0.4) is 0 Å². The number of hydrogen-bond donors (Lipinski definition) is 0. The lowest BCUT2D eigenvalue weighted by Gasteiger charge is -2.35. The lowest BCUT2D eigenvalue weighted by molar-refractivity contribution is -0.113. The number of rotatable bonds is 4. The SMILES string of the molecule is O=C1N=C(N2CCN(Cc3ccccc3)CC2)S/C1=C/C=C/c1ccccc1. The molecule has 28 heavy (non-hydrogen) atoms. The molecular weight excluding hydrogens is 366 g/mol. The summed E-state index contributed by atoms with van der Waals surface area (Å²) in [7, 11) is 0. The Morgan fingerprint density at radius 1 is 0.929 bits per heavy atom. The summed E-state index contributed by atoms with van der Waals surface area (Å²) in [6.07, 6.45) is 5.79. The third kappa shape index (κ3) is 4.80. The third-order valence-electron chi connectivity index (χ3n) is 4.84. The molecule has 0 atom stereocenters. The van der Waals surface area contributed by atoms with Crippen molar-refractivity contribution in [2.24, 2.45) is 4.99 Å². The predicted molar refractivity (Wildman–Crippen MR) is 117 cm³/mol. The van der Waals surface area contributed by atoms with Crippen molar-refractivity contribution in [1.29, 1.82) is 0 Å². The van der Waals surface area contributed by atoms with Crippen LogP contribution < -0.4 is 0 Å². The van der Waals surface area contributed by atoms with Crippen molar-refractivity contribution in [3.05, 3.63) is 88.8 Å². The monoisotopic (exact) mass is 389 g/mol. The van der Waals surface area contributed by atoms with Gasteiger partial charge in [0, 0.05) is 32.7 Å². The van der Waals surface area contributed by atoms with Gasteiger partial charge in [0.25, 0.3) is 5.91 Å². The molecule has 0 saturated carbocycles. The number of nitrogens with zero attached hydrogens (tertiary/aromatic N) is 3. The largest absolute Gasteiger partial charge is 0.348 e. The summed E-state index contributed by atoms with van der Waals surface area (Å²) < 4.78 is 0. The Bertz CT molecular complexity index is 898. The molecule has 4 rings (SSSR count). The summed E-state index contributed by atoms with van der Waals surface area (Å²) in [5, 5.41) is 0.837. The minimum atomic E-state index is -0.135. The maximum atomic E-state index is 12.2. The van der Waals surface area contributed by atoms with E-state index in [1.807, 2.05) is 54.6 Å². The van der Waals surface area contributed by atoms with E-state index < -0.39 is 0 Å². The van der Waals surface area contributed by atoms with E-state index in [-0.39, 0.29) is 5.91 Å². The number of thioether (sulfide) groups is 1. The zero-order valence-electron chi connectivity index (χ0n) is 15.7. The highest BCUT2D eigenvalue weighted by molar-refractivity contribution is 8.18. The van der Waals surface area contributed by atoms with Crippen LogP contribution in [0.2, 0.25) is 0 Å². The first kappa shape index (κ1) is 18.7. The molecular formula is C23H23N3OS. The summed E-state index contributed by atoms with van der Waals surface area (Å²) in [5.41, 5.74) is 2.46. The highest BCUT2D eigenvalue weighted by atomic mass is 32.2. The molecule has 0 aromatic heterocycles. The molecule has 2 aromatic carbocycles. The Labute approximate surface area is 170 Å². The normalized spacial score (nSPS) is 19.6. The molecule has 0 N–H and O–H groups in total. The molecule has 0 unspecified atom stereocenters. The van der Waals surface area contributed by atoms with Gasteiger partial charge in [0.15, 0.2) is 5.17 Å². The molecule has 2 aliphatic heterocycles. The summed E-state index contributed by atoms with van der Waals surface area (Å²) in [4.78, 5) is 21.9. The first-order chi connectivity index (χ1) is 13.8. The van der Waals surface area contributed by atoms with Gasteiger partial charge < -0.3 is 4.90 Å². The highest BCUT2D eigenvalue weighted by Crippen LogP contribution is 2.29. The average Bonchev–Trinajstić information content (AvgIpc) is 3.11. The van der Waals surface area contributed by atoms with E-state index in [9.17, 15) is 4.79 Å². The number of carbonyl (C=O) groups excluding carboxylic acids is 1. The number of piperazine rings is 1. The van der Waals surface area contributed by atoms with Crippen molar-refractivity contribution < 1.29 is 4.79 Å². The van der Waals surface area contributed by atoms with Crippen LogP contribution in [-0.2, 0) is 11.3 Å². The number of carbonyl (C=O) groups is 1. The van der Waals surface area contributed by atoms with E-state index >= 15 is 0 Å². The van der Waals surface area contributed by atoms with Crippen LogP contribution in [0.4, 0.5) is 0 Å². The molecule has 4 nitrogen and oxygen atoms in total. The fourth-order valence-electron chi connectivity index (χ4n) is 3.30. The molecule has 1 fully saturated rings. The van der Waals surface area contributed by atoms with Crippen LogP contribution in [0.25, 0.3) is 6.08 Å². The molecule has 2 aliphatic rings. The molecule has 2 aromatic rings. The number of allylic oxidation sites excluding steroid dienone is 2. The molecule has 0 aliphatic carbocycles. The van der Waals surface area contributed by atoms with Gasteiger partial charge >= 0.3 is 0 Å². The molecule has 5 heteroatoms. The average molecular weight is 390 g/mol. The van der Waals surface area contributed by atoms with Crippen LogP contribution in [0, 0.1) is 0 Å². The number of benzene rings is 2. The van der Waals surface area contributed by atoms with Gasteiger partial charge in [0.1, 0.15) is 0 Å². The van der Waals surface area contributed by atoms with E-state index in [4.69, 9.17) is 0 Å². The molecule has 142 valence electrons. The highest BCUT2D eigenvalue weighted by Gasteiger charge is 2.28. The third-order valence-corrected chi connectivity index (χ3v) is 5.90. The zero-order chi connectivity index (χ0) is 19.2. The molecule has 1 amide bonds. The number of aliphatic imine (C=N–C) groups is 1. The summed E-state index contributed by atoms with van der Waals surface area (Å²) in [5.74, 6) is -0.135. The predicted octanol–water partition coefficient (Wildman–Crippen LogP) is 4.03. The van der Waals surface area contributed by atoms with Crippen LogP contribution in [0.5, 0.6) is 0 Å². The van der Waals surface area contributed by atoms with Gasteiger partial charge in [-0.3, -0.25) is 9.69 Å². The molecule has 0 spiro atoms. The van der Waals surface area contributed by atoms with Crippen LogP contribution in [0.1, 0.15) is 11.1 Å². The standard InChI is InChI=1S/C23H23N3OS/c27-22-21(13-7-12-19-8-3-1-4-9-19)28-23(24-22)26-16-14-25(15-17-26)18-20-10-5-2-6-11-20/h1-13H,14-18H2/b12-7+,21-13+. The van der Waals surface area contributed by atoms with Crippen molar-refractivity contribution in [2.75, 3.05) is 26.2 Å². The lowest BCUT2D eigenvalue weighted by atomic mass is 10.2. The maximum Gasteiger partial charge on any atom is 0.286 e. The molecule has 0 radical (unpaired) electrons. The first-order valence-corrected chi connectivity index (χ1v) is 10.3. The van der Waals surface area contributed by atoms with Crippen LogP contribution >= 0.6 is 11.8 Å².